The third-order valence-corrected chi connectivity index (χ3v) is 2.84. The summed E-state index contributed by atoms with van der Waals surface area (Å²) in [5.74, 6) is 1.84. The van der Waals surface area contributed by atoms with E-state index in [1.807, 2.05) is 24.3 Å². The molecule has 21 heavy (non-hydrogen) atoms. The first-order valence-corrected chi connectivity index (χ1v) is 6.98. The molecule has 0 aliphatic rings. The molecule has 0 radical (unpaired) electrons. The molecule has 0 atom stereocenters. The van der Waals surface area contributed by atoms with Crippen LogP contribution < -0.4 is 15.8 Å². The van der Waals surface area contributed by atoms with E-state index in [9.17, 15) is 0 Å². The van der Waals surface area contributed by atoms with Gasteiger partial charge in [-0.25, -0.2) is 0 Å². The topological polar surface area (TPSA) is 93.3 Å². The Hall–Kier alpha value is -2.34. The van der Waals surface area contributed by atoms with Gasteiger partial charge in [-0.2, -0.15) is 9.97 Å². The number of aromatic nitrogens is 2. The average Bonchev–Trinajstić information content (AvgIpc) is 2.47. The number of nitrogens with two attached hydrogens (primary N) is 1. The van der Waals surface area contributed by atoms with E-state index >= 15 is 0 Å². The summed E-state index contributed by atoms with van der Waals surface area (Å²) in [5.41, 5.74) is 6.62. The van der Waals surface area contributed by atoms with Crippen LogP contribution in [0.3, 0.4) is 0 Å². The van der Waals surface area contributed by atoms with Gasteiger partial charge in [0.1, 0.15) is 11.6 Å². The van der Waals surface area contributed by atoms with Gasteiger partial charge in [0.15, 0.2) is 0 Å². The van der Waals surface area contributed by atoms with Crippen molar-refractivity contribution >= 4 is 11.8 Å². The fourth-order valence-electron chi connectivity index (χ4n) is 1.88. The van der Waals surface area contributed by atoms with Gasteiger partial charge in [0.05, 0.1) is 0 Å². The van der Waals surface area contributed by atoms with E-state index in [4.69, 9.17) is 15.6 Å². The summed E-state index contributed by atoms with van der Waals surface area (Å²) in [6, 6.07) is 9.23. The number of rotatable bonds is 7. The molecule has 0 saturated heterocycles. The SMILES string of the molecule is CCCNc1cc(Oc2ccccc2CCO)nc(N)n1. The van der Waals surface area contributed by atoms with Crippen LogP contribution in [0.25, 0.3) is 0 Å². The Morgan fingerprint density at radius 3 is 2.86 bits per heavy atom. The minimum absolute atomic E-state index is 0.0651. The number of para-hydroxylation sites is 1. The lowest BCUT2D eigenvalue weighted by Crippen LogP contribution is -2.06. The zero-order valence-electron chi connectivity index (χ0n) is 12.0. The molecular formula is C15H20N4O2. The van der Waals surface area contributed by atoms with Gasteiger partial charge in [-0.3, -0.25) is 0 Å². The first-order valence-electron chi connectivity index (χ1n) is 6.98. The number of nitrogens with zero attached hydrogens (tertiary/aromatic N) is 2. The maximum atomic E-state index is 9.08. The number of hydrogen-bond acceptors (Lipinski definition) is 6. The van der Waals surface area contributed by atoms with Gasteiger partial charge in [-0.1, -0.05) is 25.1 Å². The minimum Gasteiger partial charge on any atom is -0.438 e. The number of anilines is 2. The van der Waals surface area contributed by atoms with Crippen LogP contribution in [0.1, 0.15) is 18.9 Å². The lowest BCUT2D eigenvalue weighted by Gasteiger charge is -2.11. The Morgan fingerprint density at radius 1 is 1.29 bits per heavy atom. The molecule has 0 fully saturated rings. The lowest BCUT2D eigenvalue weighted by atomic mass is 10.1. The molecular weight excluding hydrogens is 268 g/mol. The van der Waals surface area contributed by atoms with Gasteiger partial charge in [0, 0.05) is 19.2 Å². The van der Waals surface area contributed by atoms with Crippen molar-refractivity contribution in [3.63, 3.8) is 0 Å². The van der Waals surface area contributed by atoms with Crippen molar-refractivity contribution in [1.82, 2.24) is 9.97 Å². The Kier molecular flexibility index (Phi) is 5.34. The standard InChI is InChI=1S/C15H20N4O2/c1-2-8-17-13-10-14(19-15(16)18-13)21-12-6-4-3-5-11(12)7-9-20/h3-6,10,20H,2,7-9H2,1H3,(H3,16,17,18,19). The molecule has 6 heteroatoms. The van der Waals surface area contributed by atoms with Crippen molar-refractivity contribution in [2.24, 2.45) is 0 Å². The summed E-state index contributed by atoms with van der Waals surface area (Å²) in [6.45, 7) is 2.94. The van der Waals surface area contributed by atoms with E-state index in [0.717, 1.165) is 18.5 Å². The molecule has 6 nitrogen and oxygen atoms in total. The van der Waals surface area contributed by atoms with E-state index in [2.05, 4.69) is 22.2 Å². The lowest BCUT2D eigenvalue weighted by molar-refractivity contribution is 0.297. The van der Waals surface area contributed by atoms with E-state index < -0.39 is 0 Å². The molecule has 0 unspecified atom stereocenters. The first-order chi connectivity index (χ1) is 10.2. The van der Waals surface area contributed by atoms with Gasteiger partial charge in [-0.05, 0) is 24.5 Å². The Morgan fingerprint density at radius 2 is 2.10 bits per heavy atom. The highest BCUT2D eigenvalue weighted by Crippen LogP contribution is 2.26. The molecule has 0 amide bonds. The number of nitrogens with one attached hydrogen (secondary N) is 1. The van der Waals surface area contributed by atoms with Crippen molar-refractivity contribution < 1.29 is 9.84 Å². The van der Waals surface area contributed by atoms with Crippen LogP contribution in [0.4, 0.5) is 11.8 Å². The summed E-state index contributed by atoms with van der Waals surface area (Å²) in [7, 11) is 0. The van der Waals surface area contributed by atoms with E-state index in [-0.39, 0.29) is 12.6 Å². The zero-order valence-corrected chi connectivity index (χ0v) is 12.0. The van der Waals surface area contributed by atoms with Crippen molar-refractivity contribution in [3.8, 4) is 11.6 Å². The monoisotopic (exact) mass is 288 g/mol. The second-order valence-corrected chi connectivity index (χ2v) is 4.56. The molecule has 1 aromatic carbocycles. The summed E-state index contributed by atoms with van der Waals surface area (Å²) in [4.78, 5) is 8.19. The van der Waals surface area contributed by atoms with E-state index in [0.29, 0.717) is 23.9 Å². The van der Waals surface area contributed by atoms with Crippen molar-refractivity contribution in [2.75, 3.05) is 24.2 Å². The van der Waals surface area contributed by atoms with Crippen LogP contribution in [0.2, 0.25) is 0 Å². The molecule has 4 N–H and O–H groups in total. The zero-order chi connectivity index (χ0) is 15.1. The highest BCUT2D eigenvalue weighted by Gasteiger charge is 2.07. The normalized spacial score (nSPS) is 10.4. The number of ether oxygens (including phenoxy) is 1. The summed E-state index contributed by atoms with van der Waals surface area (Å²) in [5, 5.41) is 12.2. The molecule has 1 aromatic heterocycles. The third-order valence-electron chi connectivity index (χ3n) is 2.84. The van der Waals surface area contributed by atoms with Crippen molar-refractivity contribution in [2.45, 2.75) is 19.8 Å². The quantitative estimate of drug-likeness (QED) is 0.723. The van der Waals surface area contributed by atoms with Crippen LogP contribution in [-0.4, -0.2) is 28.2 Å². The minimum atomic E-state index is 0.0651. The number of benzene rings is 1. The van der Waals surface area contributed by atoms with Gasteiger partial charge in [0.2, 0.25) is 11.8 Å². The number of aliphatic hydroxyl groups excluding tert-OH is 1. The fraction of sp³-hybridized carbons (Fsp3) is 0.333. The van der Waals surface area contributed by atoms with Crippen LogP contribution in [-0.2, 0) is 6.42 Å². The summed E-state index contributed by atoms with van der Waals surface area (Å²) < 4.78 is 5.78. The predicted octanol–water partition coefficient (Wildman–Crippen LogP) is 2.21. The highest BCUT2D eigenvalue weighted by molar-refractivity contribution is 5.45. The molecule has 0 aliphatic heterocycles. The van der Waals surface area contributed by atoms with E-state index in [1.54, 1.807) is 6.07 Å². The van der Waals surface area contributed by atoms with Crippen LogP contribution in [0, 0.1) is 0 Å². The molecule has 2 aromatic rings. The van der Waals surface area contributed by atoms with Crippen molar-refractivity contribution in [3.05, 3.63) is 35.9 Å². The molecule has 0 aliphatic carbocycles. The second-order valence-electron chi connectivity index (χ2n) is 4.56. The maximum absolute atomic E-state index is 9.08. The van der Waals surface area contributed by atoms with Gasteiger partial charge >= 0.3 is 0 Å². The smallest absolute Gasteiger partial charge is 0.226 e. The number of nitrogen functional groups attached to an aromatic ring is 1. The van der Waals surface area contributed by atoms with Crippen LogP contribution in [0.5, 0.6) is 11.6 Å². The Bertz CT molecular complexity index is 590. The molecule has 0 saturated carbocycles. The molecule has 1 heterocycles. The average molecular weight is 288 g/mol. The number of aliphatic hydroxyl groups is 1. The van der Waals surface area contributed by atoms with Gasteiger partial charge in [0.25, 0.3) is 0 Å². The predicted molar refractivity (Wildman–Crippen MR) is 82.5 cm³/mol. The van der Waals surface area contributed by atoms with Crippen LogP contribution >= 0.6 is 0 Å². The third kappa shape index (κ3) is 4.32. The highest BCUT2D eigenvalue weighted by atomic mass is 16.5. The maximum Gasteiger partial charge on any atom is 0.226 e. The van der Waals surface area contributed by atoms with Crippen LogP contribution in [0.15, 0.2) is 30.3 Å². The Labute approximate surface area is 124 Å². The van der Waals surface area contributed by atoms with Crippen molar-refractivity contribution in [1.29, 1.82) is 0 Å². The molecule has 112 valence electrons. The van der Waals surface area contributed by atoms with E-state index in [1.165, 1.54) is 0 Å². The fourth-order valence-corrected chi connectivity index (χ4v) is 1.88. The van der Waals surface area contributed by atoms with Gasteiger partial charge < -0.3 is 20.9 Å². The molecule has 2 rings (SSSR count). The molecule has 0 spiro atoms. The molecule has 0 bridgehead atoms. The second kappa shape index (κ2) is 7.44. The summed E-state index contributed by atoms with van der Waals surface area (Å²) in [6.07, 6.45) is 1.51. The summed E-state index contributed by atoms with van der Waals surface area (Å²) >= 11 is 0. The largest absolute Gasteiger partial charge is 0.438 e. The Balaban J connectivity index is 2.21. The van der Waals surface area contributed by atoms with Gasteiger partial charge in [-0.15, -0.1) is 0 Å². The number of hydrogen-bond donors (Lipinski definition) is 3. The first kappa shape index (κ1) is 15.1.